The smallest absolute Gasteiger partial charge is 0.225 e. The molecule has 144 valence electrons. The molecule has 0 radical (unpaired) electrons. The van der Waals surface area contributed by atoms with Gasteiger partial charge in [-0.1, -0.05) is 30.3 Å². The van der Waals surface area contributed by atoms with Crippen molar-refractivity contribution in [3.05, 3.63) is 54.1 Å². The highest BCUT2D eigenvalue weighted by Crippen LogP contribution is 2.56. The number of aryl methyl sites for hydroxylation is 1. The summed E-state index contributed by atoms with van der Waals surface area (Å²) in [5.74, 6) is 1.06. The minimum absolute atomic E-state index is 0.134. The predicted molar refractivity (Wildman–Crippen MR) is 105 cm³/mol. The van der Waals surface area contributed by atoms with Crippen LogP contribution in [0.25, 0.3) is 0 Å². The Labute approximate surface area is 160 Å². The number of hydrogen-bond donors (Lipinski definition) is 2. The molecule has 1 spiro atoms. The monoisotopic (exact) mass is 367 g/mol. The molecule has 2 aromatic rings. The molecule has 6 heteroatoms. The molecule has 1 saturated heterocycles. The van der Waals surface area contributed by atoms with Gasteiger partial charge < -0.3 is 20.5 Å². The molecular weight excluding hydrogens is 338 g/mol. The Morgan fingerprint density at radius 2 is 2.11 bits per heavy atom. The Kier molecular flexibility index (Phi) is 5.02. The fraction of sp³-hybridized carbons (Fsp3) is 0.524. The summed E-state index contributed by atoms with van der Waals surface area (Å²) >= 11 is 0. The van der Waals surface area contributed by atoms with Crippen molar-refractivity contribution in [2.75, 3.05) is 13.1 Å². The molecule has 1 aromatic heterocycles. The summed E-state index contributed by atoms with van der Waals surface area (Å²) in [6, 6.07) is 9.93. The summed E-state index contributed by atoms with van der Waals surface area (Å²) in [5.41, 5.74) is 7.65. The van der Waals surface area contributed by atoms with Crippen molar-refractivity contribution >= 4 is 5.91 Å². The van der Waals surface area contributed by atoms with Crippen LogP contribution in [0.15, 0.2) is 42.7 Å². The minimum Gasteiger partial charge on any atom is -0.337 e. The van der Waals surface area contributed by atoms with Gasteiger partial charge in [0.1, 0.15) is 5.82 Å². The maximum absolute atomic E-state index is 13.3. The van der Waals surface area contributed by atoms with Gasteiger partial charge in [-0.25, -0.2) is 4.98 Å². The SMILES string of the molecule is Cn1ccnc1CN(C(=O)CC(N)c1ccccc1)C1CC12CCNCC2. The van der Waals surface area contributed by atoms with Gasteiger partial charge in [-0.2, -0.15) is 0 Å². The Hall–Kier alpha value is -2.18. The number of amides is 1. The molecule has 0 bridgehead atoms. The van der Waals surface area contributed by atoms with Crippen LogP contribution in [-0.2, 0) is 18.4 Å². The second kappa shape index (κ2) is 7.44. The van der Waals surface area contributed by atoms with E-state index in [1.165, 1.54) is 0 Å². The number of imidazole rings is 1. The molecule has 4 rings (SSSR count). The van der Waals surface area contributed by atoms with Crippen LogP contribution in [0.5, 0.6) is 0 Å². The lowest BCUT2D eigenvalue weighted by Gasteiger charge is -2.30. The van der Waals surface area contributed by atoms with E-state index in [1.54, 1.807) is 6.20 Å². The highest BCUT2D eigenvalue weighted by atomic mass is 16.2. The molecule has 27 heavy (non-hydrogen) atoms. The van der Waals surface area contributed by atoms with E-state index < -0.39 is 0 Å². The first-order valence-electron chi connectivity index (χ1n) is 9.86. The Morgan fingerprint density at radius 3 is 2.78 bits per heavy atom. The van der Waals surface area contributed by atoms with Crippen molar-refractivity contribution in [3.8, 4) is 0 Å². The van der Waals surface area contributed by atoms with Crippen LogP contribution < -0.4 is 11.1 Å². The van der Waals surface area contributed by atoms with E-state index in [9.17, 15) is 4.79 Å². The van der Waals surface area contributed by atoms with Crippen molar-refractivity contribution < 1.29 is 4.79 Å². The van der Waals surface area contributed by atoms with Gasteiger partial charge in [0.25, 0.3) is 0 Å². The van der Waals surface area contributed by atoms with Gasteiger partial charge in [-0.15, -0.1) is 0 Å². The number of nitrogens with one attached hydrogen (secondary N) is 1. The van der Waals surface area contributed by atoms with E-state index in [0.717, 1.165) is 43.7 Å². The average molecular weight is 367 g/mol. The predicted octanol–water partition coefficient (Wildman–Crippen LogP) is 1.98. The fourth-order valence-electron chi connectivity index (χ4n) is 4.43. The molecular formula is C21H29N5O. The van der Waals surface area contributed by atoms with E-state index in [4.69, 9.17) is 5.73 Å². The molecule has 1 aliphatic heterocycles. The molecule has 1 aromatic carbocycles. The molecule has 2 aliphatic rings. The number of carbonyl (C=O) groups excluding carboxylic acids is 1. The zero-order chi connectivity index (χ0) is 18.9. The molecule has 1 saturated carbocycles. The van der Waals surface area contributed by atoms with Crippen LogP contribution in [0.4, 0.5) is 0 Å². The molecule has 2 fully saturated rings. The number of carbonyl (C=O) groups is 1. The van der Waals surface area contributed by atoms with Gasteiger partial charge >= 0.3 is 0 Å². The van der Waals surface area contributed by atoms with Crippen molar-refractivity contribution in [1.29, 1.82) is 0 Å². The maximum atomic E-state index is 13.3. The van der Waals surface area contributed by atoms with E-state index in [0.29, 0.717) is 24.4 Å². The Morgan fingerprint density at radius 1 is 1.37 bits per heavy atom. The topological polar surface area (TPSA) is 76.2 Å². The summed E-state index contributed by atoms with van der Waals surface area (Å²) in [6.07, 6.45) is 7.45. The highest BCUT2D eigenvalue weighted by Gasteiger charge is 2.57. The van der Waals surface area contributed by atoms with Crippen molar-refractivity contribution in [2.45, 2.75) is 44.3 Å². The first kappa shape index (κ1) is 18.2. The second-order valence-corrected chi connectivity index (χ2v) is 8.03. The molecule has 2 unspecified atom stereocenters. The molecule has 6 nitrogen and oxygen atoms in total. The zero-order valence-corrected chi connectivity index (χ0v) is 16.0. The molecule has 2 heterocycles. The van der Waals surface area contributed by atoms with E-state index in [2.05, 4.69) is 15.2 Å². The third-order valence-electron chi connectivity index (χ3n) is 6.30. The maximum Gasteiger partial charge on any atom is 0.225 e. The van der Waals surface area contributed by atoms with Crippen LogP contribution in [0.3, 0.4) is 0 Å². The average Bonchev–Trinajstić information content (AvgIpc) is 3.19. The number of rotatable bonds is 6. The minimum atomic E-state index is -0.273. The lowest BCUT2D eigenvalue weighted by atomic mass is 9.93. The van der Waals surface area contributed by atoms with Gasteiger partial charge in [0, 0.05) is 37.9 Å². The fourth-order valence-corrected chi connectivity index (χ4v) is 4.43. The molecule has 3 N–H and O–H groups in total. The van der Waals surface area contributed by atoms with Crippen LogP contribution in [-0.4, -0.2) is 39.5 Å². The van der Waals surface area contributed by atoms with E-state index >= 15 is 0 Å². The van der Waals surface area contributed by atoms with Crippen LogP contribution in [0.1, 0.15) is 43.1 Å². The zero-order valence-electron chi connectivity index (χ0n) is 16.0. The molecule has 2 atom stereocenters. The normalized spacial score (nSPS) is 21.8. The standard InChI is InChI=1S/C21H29N5O/c1-25-12-11-24-19(25)15-26(18-14-21(18)7-9-23-10-8-21)20(27)13-17(22)16-5-3-2-4-6-16/h2-6,11-12,17-18,23H,7-10,13-15,22H2,1H3. The van der Waals surface area contributed by atoms with Crippen molar-refractivity contribution in [3.63, 3.8) is 0 Å². The van der Waals surface area contributed by atoms with Crippen LogP contribution >= 0.6 is 0 Å². The third-order valence-corrected chi connectivity index (χ3v) is 6.30. The number of hydrogen-bond acceptors (Lipinski definition) is 4. The summed E-state index contributed by atoms with van der Waals surface area (Å²) in [5, 5.41) is 3.44. The lowest BCUT2D eigenvalue weighted by Crippen LogP contribution is -2.40. The summed E-state index contributed by atoms with van der Waals surface area (Å²) in [7, 11) is 1.98. The van der Waals surface area contributed by atoms with E-state index in [1.807, 2.05) is 48.1 Å². The number of nitrogens with two attached hydrogens (primary N) is 1. The molecule has 1 aliphatic carbocycles. The van der Waals surface area contributed by atoms with E-state index in [-0.39, 0.29) is 11.9 Å². The Balaban J connectivity index is 1.50. The van der Waals surface area contributed by atoms with Crippen LogP contribution in [0.2, 0.25) is 0 Å². The largest absolute Gasteiger partial charge is 0.337 e. The lowest BCUT2D eigenvalue weighted by molar-refractivity contribution is -0.133. The number of benzene rings is 1. The quantitative estimate of drug-likeness (QED) is 0.819. The van der Waals surface area contributed by atoms with Gasteiger partial charge in [0.15, 0.2) is 0 Å². The van der Waals surface area contributed by atoms with Gasteiger partial charge in [0.05, 0.1) is 6.54 Å². The summed E-state index contributed by atoms with van der Waals surface area (Å²) in [4.78, 5) is 19.8. The second-order valence-electron chi connectivity index (χ2n) is 8.03. The summed E-state index contributed by atoms with van der Waals surface area (Å²) < 4.78 is 1.99. The van der Waals surface area contributed by atoms with Crippen molar-refractivity contribution in [2.24, 2.45) is 18.2 Å². The first-order valence-corrected chi connectivity index (χ1v) is 9.86. The number of aromatic nitrogens is 2. The van der Waals surface area contributed by atoms with Gasteiger partial charge in [-0.05, 0) is 43.3 Å². The number of piperidine rings is 1. The third kappa shape index (κ3) is 3.77. The highest BCUT2D eigenvalue weighted by molar-refractivity contribution is 5.78. The Bertz CT molecular complexity index is 781. The van der Waals surface area contributed by atoms with Crippen LogP contribution in [0, 0.1) is 5.41 Å². The first-order chi connectivity index (χ1) is 13.1. The van der Waals surface area contributed by atoms with Gasteiger partial charge in [0.2, 0.25) is 5.91 Å². The van der Waals surface area contributed by atoms with Crippen molar-refractivity contribution in [1.82, 2.24) is 19.8 Å². The molecule has 1 amide bonds. The van der Waals surface area contributed by atoms with Gasteiger partial charge in [-0.3, -0.25) is 4.79 Å². The number of nitrogens with zero attached hydrogens (tertiary/aromatic N) is 3. The summed E-state index contributed by atoms with van der Waals surface area (Å²) in [6.45, 7) is 2.65.